The summed E-state index contributed by atoms with van der Waals surface area (Å²) < 4.78 is 11.4. The van der Waals surface area contributed by atoms with Crippen LogP contribution in [0.1, 0.15) is 55.3 Å². The van der Waals surface area contributed by atoms with E-state index in [9.17, 15) is 14.4 Å². The largest absolute Gasteiger partial charge is 0.444 e. The molecule has 2 aliphatic heterocycles. The molecule has 1 saturated heterocycles. The summed E-state index contributed by atoms with van der Waals surface area (Å²) in [6.45, 7) is 9.54. The molecule has 2 heterocycles. The standard InChI is InChI=1S/C20H26N2O5/c1-12-10-21(19(25)27-20(3,4)5)16(13(2)26-12)11-22-17(23)14-8-6-7-9-15(14)18(22)24/h6-9,12-13,16H,10-11H2,1-5H3/t12-,13-,16+/m0/s1. The minimum Gasteiger partial charge on any atom is -0.444 e. The zero-order valence-electron chi connectivity index (χ0n) is 16.4. The Labute approximate surface area is 159 Å². The van der Waals surface area contributed by atoms with Crippen molar-refractivity contribution in [1.82, 2.24) is 9.80 Å². The second-order valence-corrected chi connectivity index (χ2v) is 8.12. The van der Waals surface area contributed by atoms with Gasteiger partial charge in [0.25, 0.3) is 11.8 Å². The van der Waals surface area contributed by atoms with Gasteiger partial charge in [-0.05, 0) is 46.8 Å². The summed E-state index contributed by atoms with van der Waals surface area (Å²) in [6, 6.07) is 6.27. The van der Waals surface area contributed by atoms with E-state index in [1.165, 1.54) is 4.90 Å². The predicted octanol–water partition coefficient (Wildman–Crippen LogP) is 2.70. The normalized spacial score (nSPS) is 25.6. The average Bonchev–Trinajstić information content (AvgIpc) is 2.80. The van der Waals surface area contributed by atoms with Gasteiger partial charge in [0.05, 0.1) is 42.5 Å². The lowest BCUT2D eigenvalue weighted by Gasteiger charge is -2.43. The second kappa shape index (κ2) is 6.96. The fraction of sp³-hybridized carbons (Fsp3) is 0.550. The average molecular weight is 374 g/mol. The van der Waals surface area contributed by atoms with Gasteiger partial charge >= 0.3 is 6.09 Å². The van der Waals surface area contributed by atoms with E-state index >= 15 is 0 Å². The first-order chi connectivity index (χ1) is 12.6. The van der Waals surface area contributed by atoms with Crippen LogP contribution in [0.15, 0.2) is 24.3 Å². The zero-order valence-corrected chi connectivity index (χ0v) is 16.4. The molecule has 0 aliphatic carbocycles. The van der Waals surface area contributed by atoms with Crippen molar-refractivity contribution >= 4 is 17.9 Å². The minimum atomic E-state index is -0.637. The molecule has 0 unspecified atom stereocenters. The highest BCUT2D eigenvalue weighted by Crippen LogP contribution is 2.27. The van der Waals surface area contributed by atoms with Crippen molar-refractivity contribution in [1.29, 1.82) is 0 Å². The van der Waals surface area contributed by atoms with E-state index in [2.05, 4.69) is 0 Å². The summed E-state index contributed by atoms with van der Waals surface area (Å²) in [7, 11) is 0. The number of hydrogen-bond acceptors (Lipinski definition) is 5. The van der Waals surface area contributed by atoms with Crippen molar-refractivity contribution in [3.63, 3.8) is 0 Å². The third kappa shape index (κ3) is 3.83. The lowest BCUT2D eigenvalue weighted by molar-refractivity contribution is -0.106. The fourth-order valence-corrected chi connectivity index (χ4v) is 3.54. The summed E-state index contributed by atoms with van der Waals surface area (Å²) >= 11 is 0. The quantitative estimate of drug-likeness (QED) is 0.744. The van der Waals surface area contributed by atoms with E-state index < -0.39 is 17.7 Å². The lowest BCUT2D eigenvalue weighted by atomic mass is 10.1. The molecule has 3 atom stereocenters. The van der Waals surface area contributed by atoms with Crippen LogP contribution in [0.5, 0.6) is 0 Å². The topological polar surface area (TPSA) is 76.2 Å². The van der Waals surface area contributed by atoms with Crippen molar-refractivity contribution in [3.05, 3.63) is 35.4 Å². The Morgan fingerprint density at radius 2 is 1.70 bits per heavy atom. The van der Waals surface area contributed by atoms with Crippen LogP contribution in [0.2, 0.25) is 0 Å². The van der Waals surface area contributed by atoms with E-state index in [0.717, 1.165) is 0 Å². The Morgan fingerprint density at radius 1 is 1.15 bits per heavy atom. The van der Waals surface area contributed by atoms with E-state index in [1.54, 1.807) is 49.9 Å². The second-order valence-electron chi connectivity index (χ2n) is 8.12. The first-order valence-electron chi connectivity index (χ1n) is 9.19. The summed E-state index contributed by atoms with van der Waals surface area (Å²) in [6.07, 6.45) is -0.970. The van der Waals surface area contributed by atoms with Gasteiger partial charge in [-0.3, -0.25) is 19.4 Å². The van der Waals surface area contributed by atoms with Gasteiger partial charge < -0.3 is 9.47 Å². The van der Waals surface area contributed by atoms with Crippen LogP contribution in [-0.2, 0) is 9.47 Å². The molecule has 7 heteroatoms. The molecule has 1 fully saturated rings. The Bertz CT molecular complexity index is 735. The number of fused-ring (bicyclic) bond motifs is 1. The Balaban J connectivity index is 1.83. The van der Waals surface area contributed by atoms with E-state index in [-0.39, 0.29) is 30.6 Å². The maximum Gasteiger partial charge on any atom is 0.410 e. The van der Waals surface area contributed by atoms with Gasteiger partial charge in [-0.2, -0.15) is 0 Å². The highest BCUT2D eigenvalue weighted by molar-refractivity contribution is 6.21. The lowest BCUT2D eigenvalue weighted by Crippen LogP contribution is -2.60. The van der Waals surface area contributed by atoms with Crippen LogP contribution in [-0.4, -0.2) is 64.6 Å². The van der Waals surface area contributed by atoms with Gasteiger partial charge in [0.2, 0.25) is 0 Å². The number of benzene rings is 1. The van der Waals surface area contributed by atoms with Gasteiger partial charge in [-0.1, -0.05) is 12.1 Å². The SMILES string of the molecule is C[C@@H]1O[C@@H](C)CN(C(=O)OC(C)(C)C)[C@@H]1CN1C(=O)c2ccccc2C1=O. The Morgan fingerprint density at radius 3 is 2.22 bits per heavy atom. The molecule has 0 saturated carbocycles. The number of hydrogen-bond donors (Lipinski definition) is 0. The minimum absolute atomic E-state index is 0.0689. The van der Waals surface area contributed by atoms with Crippen LogP contribution < -0.4 is 0 Å². The maximum atomic E-state index is 12.7. The van der Waals surface area contributed by atoms with Gasteiger partial charge in [-0.15, -0.1) is 0 Å². The molecule has 146 valence electrons. The van der Waals surface area contributed by atoms with Gasteiger partial charge in [-0.25, -0.2) is 4.79 Å². The van der Waals surface area contributed by atoms with E-state index in [4.69, 9.17) is 9.47 Å². The first-order valence-corrected chi connectivity index (χ1v) is 9.19. The smallest absolute Gasteiger partial charge is 0.410 e. The summed E-state index contributed by atoms with van der Waals surface area (Å²) in [4.78, 5) is 40.9. The zero-order chi connectivity index (χ0) is 19.9. The van der Waals surface area contributed by atoms with Crippen molar-refractivity contribution in [2.24, 2.45) is 0 Å². The van der Waals surface area contributed by atoms with Crippen molar-refractivity contribution in [2.45, 2.75) is 58.5 Å². The maximum absolute atomic E-state index is 12.7. The highest BCUT2D eigenvalue weighted by Gasteiger charge is 2.43. The fourth-order valence-electron chi connectivity index (χ4n) is 3.54. The van der Waals surface area contributed by atoms with Gasteiger partial charge in [0, 0.05) is 0 Å². The van der Waals surface area contributed by atoms with Crippen molar-refractivity contribution < 1.29 is 23.9 Å². The number of morpholine rings is 1. The first kappa shape index (κ1) is 19.4. The van der Waals surface area contributed by atoms with Gasteiger partial charge in [0.1, 0.15) is 5.60 Å². The van der Waals surface area contributed by atoms with Crippen LogP contribution in [0.3, 0.4) is 0 Å². The monoisotopic (exact) mass is 374 g/mol. The third-order valence-electron chi connectivity index (χ3n) is 4.72. The molecular weight excluding hydrogens is 348 g/mol. The van der Waals surface area contributed by atoms with E-state index in [0.29, 0.717) is 17.7 Å². The Hall–Kier alpha value is -2.41. The summed E-state index contributed by atoms with van der Waals surface area (Å²) in [5.74, 6) is -0.684. The van der Waals surface area contributed by atoms with Crippen molar-refractivity contribution in [3.8, 4) is 0 Å². The van der Waals surface area contributed by atoms with Crippen LogP contribution in [0.4, 0.5) is 4.79 Å². The number of rotatable bonds is 2. The molecule has 27 heavy (non-hydrogen) atoms. The molecule has 0 spiro atoms. The number of nitrogens with zero attached hydrogens (tertiary/aromatic N) is 2. The van der Waals surface area contributed by atoms with Crippen LogP contribution in [0.25, 0.3) is 0 Å². The molecule has 7 nitrogen and oxygen atoms in total. The molecule has 1 aromatic carbocycles. The van der Waals surface area contributed by atoms with Crippen LogP contribution in [0, 0.1) is 0 Å². The number of amides is 3. The molecule has 0 radical (unpaired) electrons. The van der Waals surface area contributed by atoms with E-state index in [1.807, 2.05) is 13.8 Å². The summed E-state index contributed by atoms with van der Waals surface area (Å²) in [5, 5.41) is 0. The molecule has 0 N–H and O–H groups in total. The molecule has 3 rings (SSSR count). The molecule has 1 aromatic rings. The van der Waals surface area contributed by atoms with Crippen LogP contribution >= 0.6 is 0 Å². The molecule has 3 amide bonds. The predicted molar refractivity (Wildman–Crippen MR) is 98.5 cm³/mol. The third-order valence-corrected chi connectivity index (χ3v) is 4.72. The number of ether oxygens (including phenoxy) is 2. The summed E-state index contributed by atoms with van der Waals surface area (Å²) in [5.41, 5.74) is 0.148. The molecular formula is C20H26N2O5. The highest BCUT2D eigenvalue weighted by atomic mass is 16.6. The van der Waals surface area contributed by atoms with Crippen molar-refractivity contribution in [2.75, 3.05) is 13.1 Å². The number of carbonyl (C=O) groups is 3. The van der Waals surface area contributed by atoms with Gasteiger partial charge in [0.15, 0.2) is 0 Å². The Kier molecular flexibility index (Phi) is 4.99. The number of imide groups is 1. The molecule has 0 bridgehead atoms. The molecule has 2 aliphatic rings. The molecule has 0 aromatic heterocycles. The number of carbonyl (C=O) groups excluding carboxylic acids is 3.